The van der Waals surface area contributed by atoms with Crippen LogP contribution in [0.15, 0.2) is 42.5 Å². The van der Waals surface area contributed by atoms with Gasteiger partial charge in [-0.15, -0.1) is 0 Å². The minimum Gasteiger partial charge on any atom is -0.485 e. The summed E-state index contributed by atoms with van der Waals surface area (Å²) in [6, 6.07) is 11.9. The van der Waals surface area contributed by atoms with E-state index in [1.54, 1.807) is 29.2 Å². The van der Waals surface area contributed by atoms with Crippen LogP contribution in [-0.4, -0.2) is 72.5 Å². The highest BCUT2D eigenvalue weighted by Crippen LogP contribution is 2.32. The first-order valence-electron chi connectivity index (χ1n) is 11.0. The van der Waals surface area contributed by atoms with Crippen LogP contribution in [0.1, 0.15) is 12.0 Å². The average Bonchev–Trinajstić information content (AvgIpc) is 3.14. The van der Waals surface area contributed by atoms with Gasteiger partial charge in [0.25, 0.3) is 11.8 Å². The molecule has 0 spiro atoms. The number of aryl methyl sites for hydroxylation is 1. The van der Waals surface area contributed by atoms with E-state index in [1.165, 1.54) is 4.90 Å². The third-order valence-corrected chi connectivity index (χ3v) is 6.79. The molecule has 2 saturated heterocycles. The molecule has 3 aliphatic rings. The lowest BCUT2D eigenvalue weighted by Gasteiger charge is -2.38. The van der Waals surface area contributed by atoms with E-state index < -0.39 is 12.1 Å². The molecule has 3 aliphatic heterocycles. The fourth-order valence-electron chi connectivity index (χ4n) is 4.49. The van der Waals surface area contributed by atoms with Crippen molar-refractivity contribution >= 4 is 35.0 Å². The first kappa shape index (κ1) is 21.7. The summed E-state index contributed by atoms with van der Waals surface area (Å²) in [4.78, 5) is 43.6. The highest BCUT2D eigenvalue weighted by atomic mass is 35.5. The number of piperazine rings is 1. The van der Waals surface area contributed by atoms with Gasteiger partial charge in [-0.3, -0.25) is 19.3 Å². The van der Waals surface area contributed by atoms with E-state index in [0.717, 1.165) is 5.56 Å². The second kappa shape index (κ2) is 8.68. The highest BCUT2D eigenvalue weighted by Gasteiger charge is 2.44. The van der Waals surface area contributed by atoms with Crippen LogP contribution in [0.25, 0.3) is 0 Å². The van der Waals surface area contributed by atoms with Crippen molar-refractivity contribution in [2.24, 2.45) is 0 Å². The van der Waals surface area contributed by atoms with Gasteiger partial charge in [0.2, 0.25) is 12.0 Å². The number of nitrogens with zero attached hydrogens (tertiary/aromatic N) is 3. The maximum Gasteiger partial charge on any atom is 0.267 e. The van der Waals surface area contributed by atoms with Gasteiger partial charge in [-0.25, -0.2) is 4.90 Å². The van der Waals surface area contributed by atoms with Crippen molar-refractivity contribution in [3.8, 4) is 11.5 Å². The number of carbonyl (C=O) groups is 3. The Bertz CT molecular complexity index is 1120. The van der Waals surface area contributed by atoms with Gasteiger partial charge in [0.1, 0.15) is 6.61 Å². The van der Waals surface area contributed by atoms with Crippen molar-refractivity contribution in [1.29, 1.82) is 0 Å². The Kier molecular flexibility index (Phi) is 5.72. The van der Waals surface area contributed by atoms with E-state index in [9.17, 15) is 14.4 Å². The predicted molar refractivity (Wildman–Crippen MR) is 122 cm³/mol. The summed E-state index contributed by atoms with van der Waals surface area (Å²) in [5.41, 5.74) is 1.37. The van der Waals surface area contributed by atoms with Crippen molar-refractivity contribution in [3.05, 3.63) is 53.1 Å². The topological polar surface area (TPSA) is 79.4 Å². The van der Waals surface area contributed by atoms with Crippen molar-refractivity contribution in [3.63, 3.8) is 0 Å². The molecular formula is C24H24ClN3O5. The number of hydrogen-bond donors (Lipinski definition) is 0. The first-order valence-corrected chi connectivity index (χ1v) is 11.3. The number of rotatable bonds is 3. The van der Waals surface area contributed by atoms with E-state index in [2.05, 4.69) is 0 Å². The molecule has 2 aromatic rings. The summed E-state index contributed by atoms with van der Waals surface area (Å²) in [5.74, 6) is 0.575. The number of anilines is 1. The highest BCUT2D eigenvalue weighted by molar-refractivity contribution is 6.32. The molecule has 0 aromatic heterocycles. The molecule has 2 atom stereocenters. The van der Waals surface area contributed by atoms with E-state index in [0.29, 0.717) is 48.4 Å². The lowest BCUT2D eigenvalue weighted by atomic mass is 10.1. The lowest BCUT2D eigenvalue weighted by Crippen LogP contribution is -2.57. The molecule has 0 saturated carbocycles. The summed E-state index contributed by atoms with van der Waals surface area (Å²) in [6.45, 7) is 3.94. The smallest absolute Gasteiger partial charge is 0.267 e. The molecule has 8 nitrogen and oxygen atoms in total. The standard InChI is InChI=1S/C24H24ClN3O5/c1-15-6-7-16(12-17(15)25)28-22(29)13-18(23(28)30)26-8-10-27(11-9-26)24(31)21-14-32-19-4-2-3-5-20(19)33-21/h2-7,12,18,21H,8-11,13-14H2,1H3/t18-,21+/m0/s1. The van der Waals surface area contributed by atoms with Gasteiger partial charge in [-0.1, -0.05) is 29.8 Å². The number of benzene rings is 2. The summed E-state index contributed by atoms with van der Waals surface area (Å²) in [5, 5.41) is 0.514. The van der Waals surface area contributed by atoms with Crippen molar-refractivity contribution in [1.82, 2.24) is 9.80 Å². The SMILES string of the molecule is Cc1ccc(N2C(=O)C[C@H](N3CCN(C(=O)[C@H]4COc5ccccc5O4)CC3)C2=O)cc1Cl. The molecule has 0 radical (unpaired) electrons. The Balaban J connectivity index is 1.21. The molecule has 2 fully saturated rings. The Morgan fingerprint density at radius 1 is 1.03 bits per heavy atom. The molecule has 3 heterocycles. The summed E-state index contributed by atoms with van der Waals surface area (Å²) < 4.78 is 11.5. The van der Waals surface area contributed by atoms with Crippen LogP contribution in [0.3, 0.4) is 0 Å². The number of ether oxygens (including phenoxy) is 2. The fourth-order valence-corrected chi connectivity index (χ4v) is 4.67. The Morgan fingerprint density at radius 2 is 1.76 bits per heavy atom. The number of halogens is 1. The minimum absolute atomic E-state index is 0.120. The Hall–Kier alpha value is -3.10. The Labute approximate surface area is 196 Å². The zero-order valence-electron chi connectivity index (χ0n) is 18.2. The molecule has 2 aromatic carbocycles. The van der Waals surface area contributed by atoms with Gasteiger partial charge in [-0.2, -0.15) is 0 Å². The van der Waals surface area contributed by atoms with Gasteiger partial charge >= 0.3 is 0 Å². The van der Waals surface area contributed by atoms with Crippen LogP contribution in [0.4, 0.5) is 5.69 Å². The van der Waals surface area contributed by atoms with Crippen molar-refractivity contribution in [2.45, 2.75) is 25.5 Å². The monoisotopic (exact) mass is 469 g/mol. The maximum atomic E-state index is 13.1. The molecule has 3 amide bonds. The van der Waals surface area contributed by atoms with E-state index >= 15 is 0 Å². The number of hydrogen-bond acceptors (Lipinski definition) is 6. The third kappa shape index (κ3) is 4.05. The fraction of sp³-hybridized carbons (Fsp3) is 0.375. The van der Waals surface area contributed by atoms with Gasteiger partial charge in [0.15, 0.2) is 11.5 Å². The molecular weight excluding hydrogens is 446 g/mol. The average molecular weight is 470 g/mol. The lowest BCUT2D eigenvalue weighted by molar-refractivity contribution is -0.143. The predicted octanol–water partition coefficient (Wildman–Crippen LogP) is 2.26. The van der Waals surface area contributed by atoms with Crippen molar-refractivity contribution in [2.75, 3.05) is 37.7 Å². The molecule has 0 bridgehead atoms. The van der Waals surface area contributed by atoms with Crippen LogP contribution in [0.5, 0.6) is 11.5 Å². The zero-order chi connectivity index (χ0) is 23.1. The molecule has 33 heavy (non-hydrogen) atoms. The van der Waals surface area contributed by atoms with E-state index in [-0.39, 0.29) is 30.7 Å². The van der Waals surface area contributed by atoms with Crippen molar-refractivity contribution < 1.29 is 23.9 Å². The van der Waals surface area contributed by atoms with Crippen LogP contribution in [-0.2, 0) is 14.4 Å². The molecule has 0 aliphatic carbocycles. The summed E-state index contributed by atoms with van der Waals surface area (Å²) in [7, 11) is 0. The first-order chi connectivity index (χ1) is 15.9. The Morgan fingerprint density at radius 3 is 2.48 bits per heavy atom. The minimum atomic E-state index is -0.692. The number of fused-ring (bicyclic) bond motifs is 1. The van der Waals surface area contributed by atoms with Gasteiger partial charge in [0, 0.05) is 31.2 Å². The van der Waals surface area contributed by atoms with Crippen LogP contribution >= 0.6 is 11.6 Å². The second-order valence-electron chi connectivity index (χ2n) is 8.45. The quantitative estimate of drug-likeness (QED) is 0.642. The zero-order valence-corrected chi connectivity index (χ0v) is 19.0. The number of para-hydroxylation sites is 2. The molecule has 5 rings (SSSR count). The molecule has 172 valence electrons. The third-order valence-electron chi connectivity index (χ3n) is 6.39. The van der Waals surface area contributed by atoms with Gasteiger partial charge in [-0.05, 0) is 36.8 Å². The molecule has 9 heteroatoms. The maximum absolute atomic E-state index is 13.1. The summed E-state index contributed by atoms with van der Waals surface area (Å²) >= 11 is 6.19. The van der Waals surface area contributed by atoms with Gasteiger partial charge in [0.05, 0.1) is 18.2 Å². The number of imide groups is 1. The van der Waals surface area contributed by atoms with E-state index in [1.807, 2.05) is 30.0 Å². The van der Waals surface area contributed by atoms with Gasteiger partial charge < -0.3 is 14.4 Å². The van der Waals surface area contributed by atoms with Crippen LogP contribution in [0, 0.1) is 6.92 Å². The summed E-state index contributed by atoms with van der Waals surface area (Å²) in [6.07, 6.45) is -0.572. The number of amides is 3. The van der Waals surface area contributed by atoms with E-state index in [4.69, 9.17) is 21.1 Å². The molecule has 0 N–H and O–H groups in total. The molecule has 0 unspecified atom stereocenters. The largest absolute Gasteiger partial charge is 0.485 e. The normalized spacial score (nSPS) is 23.2. The van der Waals surface area contributed by atoms with Crippen LogP contribution < -0.4 is 14.4 Å². The van der Waals surface area contributed by atoms with Crippen LogP contribution in [0.2, 0.25) is 5.02 Å². The second-order valence-corrected chi connectivity index (χ2v) is 8.85. The number of carbonyl (C=O) groups excluding carboxylic acids is 3.